The van der Waals surface area contributed by atoms with Crippen LogP contribution in [0.3, 0.4) is 0 Å². The van der Waals surface area contributed by atoms with Crippen molar-refractivity contribution in [3.63, 3.8) is 0 Å². The highest BCUT2D eigenvalue weighted by molar-refractivity contribution is 5.85. The second-order valence-corrected chi connectivity index (χ2v) is 8.87. The van der Waals surface area contributed by atoms with Gasteiger partial charge in [-0.3, -0.25) is 0 Å². The highest BCUT2D eigenvalue weighted by Gasteiger charge is 2.11. The lowest BCUT2D eigenvalue weighted by Crippen LogP contribution is -2.11. The van der Waals surface area contributed by atoms with Crippen LogP contribution in [-0.4, -0.2) is 38.0 Å². The van der Waals surface area contributed by atoms with Crippen molar-refractivity contribution in [2.75, 3.05) is 28.2 Å². The molecule has 161 valence electrons. The van der Waals surface area contributed by atoms with Gasteiger partial charge in [-0.15, -0.1) is 0 Å². The molecule has 0 fully saturated rings. The third kappa shape index (κ3) is 5.16. The molecule has 0 aliphatic carbocycles. The minimum Gasteiger partial charge on any atom is -0.305 e. The van der Waals surface area contributed by atoms with Crippen LogP contribution in [0.5, 0.6) is 0 Å². The van der Waals surface area contributed by atoms with Crippen molar-refractivity contribution in [3.05, 3.63) is 108 Å². The lowest BCUT2D eigenvalue weighted by atomic mass is 9.91. The zero-order chi connectivity index (χ0) is 22.5. The maximum absolute atomic E-state index is 3.51. The summed E-state index contributed by atoms with van der Waals surface area (Å²) in [4.78, 5) is 4.40. The quantitative estimate of drug-likeness (QED) is 0.332. The molecule has 0 spiro atoms. The number of nitrogens with zero attached hydrogens (tertiary/aromatic N) is 2. The summed E-state index contributed by atoms with van der Waals surface area (Å²) in [5.74, 6) is 0. The van der Waals surface area contributed by atoms with Crippen molar-refractivity contribution in [1.82, 2.24) is 9.80 Å². The molecule has 0 bridgehead atoms. The van der Waals surface area contributed by atoms with Gasteiger partial charge in [0.15, 0.2) is 0 Å². The van der Waals surface area contributed by atoms with Crippen LogP contribution < -0.4 is 0 Å². The van der Waals surface area contributed by atoms with Crippen molar-refractivity contribution in [3.8, 4) is 33.4 Å². The molecular formula is C30H31N2. The molecule has 4 aromatic carbocycles. The van der Waals surface area contributed by atoms with Crippen LogP contribution in [0, 0.1) is 6.07 Å². The standard InChI is InChI=1S/C30H31N2/c1-31(2)21-23-16-18-24(19-17-23)29-14-7-8-15-30(29)26-12-9-11-25(20-26)28-13-6-5-10-27(28)22-32(3)4/h5-14,16-20H,21-22H2,1-4H3. The van der Waals surface area contributed by atoms with E-state index in [9.17, 15) is 0 Å². The first-order chi connectivity index (χ1) is 15.5. The predicted octanol–water partition coefficient (Wildman–Crippen LogP) is 6.61. The van der Waals surface area contributed by atoms with Crippen LogP contribution in [0.1, 0.15) is 11.1 Å². The van der Waals surface area contributed by atoms with Gasteiger partial charge in [0.1, 0.15) is 0 Å². The average molecular weight is 420 g/mol. The molecule has 2 nitrogen and oxygen atoms in total. The van der Waals surface area contributed by atoms with Gasteiger partial charge in [0.2, 0.25) is 0 Å². The monoisotopic (exact) mass is 419 g/mol. The Morgan fingerprint density at radius 2 is 1.28 bits per heavy atom. The minimum atomic E-state index is 0.919. The largest absolute Gasteiger partial charge is 0.305 e. The zero-order valence-electron chi connectivity index (χ0n) is 19.5. The molecule has 32 heavy (non-hydrogen) atoms. The number of hydrogen-bond acceptors (Lipinski definition) is 2. The molecule has 2 heteroatoms. The second kappa shape index (κ2) is 9.95. The number of hydrogen-bond donors (Lipinski definition) is 0. The Kier molecular flexibility index (Phi) is 6.84. The van der Waals surface area contributed by atoms with Crippen LogP contribution in [0.25, 0.3) is 33.4 Å². The van der Waals surface area contributed by atoms with E-state index >= 15 is 0 Å². The SMILES string of the molecule is CN(C)Cc1ccc(-c2ccc[c]c2-c2cccc(-c3ccccc3CN(C)C)c2)cc1. The summed E-state index contributed by atoms with van der Waals surface area (Å²) >= 11 is 0. The second-order valence-electron chi connectivity index (χ2n) is 8.87. The van der Waals surface area contributed by atoms with Gasteiger partial charge < -0.3 is 9.80 Å². The van der Waals surface area contributed by atoms with E-state index in [1.807, 2.05) is 6.07 Å². The highest BCUT2D eigenvalue weighted by Crippen LogP contribution is 2.34. The van der Waals surface area contributed by atoms with Crippen molar-refractivity contribution < 1.29 is 0 Å². The summed E-state index contributed by atoms with van der Waals surface area (Å²) in [6, 6.07) is 36.2. The van der Waals surface area contributed by atoms with Crippen LogP contribution in [-0.2, 0) is 13.1 Å². The summed E-state index contributed by atoms with van der Waals surface area (Å²) in [7, 11) is 8.42. The van der Waals surface area contributed by atoms with E-state index in [2.05, 4.69) is 129 Å². The molecule has 4 aromatic rings. The predicted molar refractivity (Wildman–Crippen MR) is 136 cm³/mol. The Hall–Kier alpha value is -3.20. The summed E-state index contributed by atoms with van der Waals surface area (Å²) in [5.41, 5.74) is 9.94. The van der Waals surface area contributed by atoms with Gasteiger partial charge in [-0.25, -0.2) is 0 Å². The molecule has 0 amide bonds. The van der Waals surface area contributed by atoms with Crippen molar-refractivity contribution in [2.24, 2.45) is 0 Å². The average Bonchev–Trinajstić information content (AvgIpc) is 2.79. The van der Waals surface area contributed by atoms with Crippen LogP contribution in [0.4, 0.5) is 0 Å². The molecule has 0 heterocycles. The molecular weight excluding hydrogens is 388 g/mol. The van der Waals surface area contributed by atoms with E-state index in [4.69, 9.17) is 0 Å². The van der Waals surface area contributed by atoms with E-state index in [1.54, 1.807) is 0 Å². The van der Waals surface area contributed by atoms with Crippen LogP contribution >= 0.6 is 0 Å². The topological polar surface area (TPSA) is 6.48 Å². The van der Waals surface area contributed by atoms with Gasteiger partial charge >= 0.3 is 0 Å². The van der Waals surface area contributed by atoms with E-state index in [1.165, 1.54) is 38.9 Å². The fourth-order valence-corrected chi connectivity index (χ4v) is 4.19. The molecule has 0 N–H and O–H groups in total. The van der Waals surface area contributed by atoms with Gasteiger partial charge in [-0.05, 0) is 84.8 Å². The van der Waals surface area contributed by atoms with Crippen molar-refractivity contribution >= 4 is 0 Å². The molecule has 1 radical (unpaired) electrons. The molecule has 0 saturated heterocycles. The first-order valence-electron chi connectivity index (χ1n) is 11.1. The normalized spacial score (nSPS) is 11.3. The third-order valence-electron chi connectivity index (χ3n) is 5.59. The fourth-order valence-electron chi connectivity index (χ4n) is 4.19. The lowest BCUT2D eigenvalue weighted by molar-refractivity contribution is 0.402. The molecule has 0 aliphatic heterocycles. The molecule has 0 saturated carbocycles. The van der Waals surface area contributed by atoms with Gasteiger partial charge in [0, 0.05) is 13.1 Å². The molecule has 0 aliphatic rings. The molecule has 0 atom stereocenters. The smallest absolute Gasteiger partial charge is 0.0233 e. The zero-order valence-corrected chi connectivity index (χ0v) is 19.5. The summed E-state index contributed by atoms with van der Waals surface area (Å²) in [5, 5.41) is 0. The molecule has 0 aromatic heterocycles. The van der Waals surface area contributed by atoms with Gasteiger partial charge in [-0.2, -0.15) is 0 Å². The van der Waals surface area contributed by atoms with Crippen LogP contribution in [0.2, 0.25) is 0 Å². The first kappa shape index (κ1) is 22.0. The Bertz CT molecular complexity index is 1170. The Labute approximate surface area is 192 Å². The van der Waals surface area contributed by atoms with E-state index < -0.39 is 0 Å². The van der Waals surface area contributed by atoms with E-state index in [0.717, 1.165) is 18.7 Å². The Morgan fingerprint density at radius 1 is 0.594 bits per heavy atom. The summed E-state index contributed by atoms with van der Waals surface area (Å²) in [6.07, 6.45) is 0. The highest BCUT2D eigenvalue weighted by atomic mass is 15.1. The fraction of sp³-hybridized carbons (Fsp3) is 0.200. The van der Waals surface area contributed by atoms with E-state index in [-0.39, 0.29) is 0 Å². The van der Waals surface area contributed by atoms with Gasteiger partial charge in [0.25, 0.3) is 0 Å². The van der Waals surface area contributed by atoms with Crippen LogP contribution in [0.15, 0.2) is 91.0 Å². The lowest BCUT2D eigenvalue weighted by Gasteiger charge is -2.16. The maximum atomic E-state index is 3.51. The summed E-state index contributed by atoms with van der Waals surface area (Å²) < 4.78 is 0. The van der Waals surface area contributed by atoms with Crippen molar-refractivity contribution in [1.29, 1.82) is 0 Å². The van der Waals surface area contributed by atoms with Gasteiger partial charge in [-0.1, -0.05) is 84.9 Å². The number of rotatable bonds is 7. The minimum absolute atomic E-state index is 0.919. The first-order valence-corrected chi connectivity index (χ1v) is 11.1. The number of benzene rings is 4. The van der Waals surface area contributed by atoms with Gasteiger partial charge in [0.05, 0.1) is 0 Å². The Balaban J connectivity index is 1.73. The maximum Gasteiger partial charge on any atom is 0.0233 e. The Morgan fingerprint density at radius 3 is 2.03 bits per heavy atom. The van der Waals surface area contributed by atoms with E-state index in [0.29, 0.717) is 0 Å². The van der Waals surface area contributed by atoms with Crippen molar-refractivity contribution in [2.45, 2.75) is 13.1 Å². The summed E-state index contributed by atoms with van der Waals surface area (Å²) in [6.45, 7) is 1.87. The molecule has 0 unspecified atom stereocenters. The molecule has 4 rings (SSSR count). The third-order valence-corrected chi connectivity index (χ3v) is 5.59.